The number of hydrogen-bond donors (Lipinski definition) is 0. The molecule has 0 amide bonds. The molecular weight excluding hydrogens is 909 g/mol. The molecule has 352 valence electrons. The summed E-state index contributed by atoms with van der Waals surface area (Å²) in [4.78, 5) is 21.2. The maximum Gasteiger partial charge on any atom is 0.164 e. The number of fused-ring (bicyclic) bond motifs is 10. The van der Waals surface area contributed by atoms with Gasteiger partial charge in [0.1, 0.15) is 0 Å². The Kier molecular flexibility index (Phi) is 10.5. The Hall–Kier alpha value is -9.64. The first-order valence-corrected chi connectivity index (χ1v) is 25.7. The highest BCUT2D eigenvalue weighted by Gasteiger charge is 2.51. The van der Waals surface area contributed by atoms with Crippen LogP contribution in [-0.4, -0.2) is 19.9 Å². The fourth-order valence-electron chi connectivity index (χ4n) is 12.1. The van der Waals surface area contributed by atoms with Crippen molar-refractivity contribution in [2.75, 3.05) is 0 Å². The lowest BCUT2D eigenvalue weighted by molar-refractivity contribution is 0.794. The Morgan fingerprint density at radius 2 is 0.653 bits per heavy atom. The summed E-state index contributed by atoms with van der Waals surface area (Å²) in [5, 5.41) is 0. The molecule has 75 heavy (non-hydrogen) atoms. The van der Waals surface area contributed by atoms with Crippen molar-refractivity contribution in [3.8, 4) is 112 Å². The number of rotatable bonds is 8. The monoisotopic (exact) mass is 956 g/mol. The minimum atomic E-state index is -0.511. The van der Waals surface area contributed by atoms with Crippen LogP contribution in [0.4, 0.5) is 0 Å². The third-order valence-corrected chi connectivity index (χ3v) is 15.4. The molecule has 0 radical (unpaired) electrons. The van der Waals surface area contributed by atoms with Crippen LogP contribution < -0.4 is 0 Å². The first kappa shape index (κ1) is 44.1. The predicted molar refractivity (Wildman–Crippen MR) is 307 cm³/mol. The zero-order valence-corrected chi connectivity index (χ0v) is 41.5. The second-order valence-electron chi connectivity index (χ2n) is 19.7. The first-order valence-electron chi connectivity index (χ1n) is 25.7. The number of nitrogens with zero attached hydrogens (tertiary/aromatic N) is 4. The van der Waals surface area contributed by atoms with Crippen molar-refractivity contribution in [1.29, 1.82) is 0 Å². The third kappa shape index (κ3) is 7.21. The SMILES string of the molecule is Cc1ccc(-c2ccccc2-c2nc(-c3ccc(-c4c(-c5ccccc5)cc(-c5ccccc5)cc4-c4ccccc4)cc3)nc(-c3ccc4c(c3)C3(c5ccccc5-c5ccccc53)c3ccccc3-4)n2)c(C)n1. The molecule has 0 saturated carbocycles. The summed E-state index contributed by atoms with van der Waals surface area (Å²) in [5.74, 6) is 1.80. The van der Waals surface area contributed by atoms with Gasteiger partial charge in [-0.25, -0.2) is 15.0 Å². The van der Waals surface area contributed by atoms with Gasteiger partial charge in [0.25, 0.3) is 0 Å². The molecule has 0 N–H and O–H groups in total. The van der Waals surface area contributed by atoms with Crippen LogP contribution in [0.5, 0.6) is 0 Å². The normalized spacial score (nSPS) is 12.5. The van der Waals surface area contributed by atoms with Gasteiger partial charge in [-0.3, -0.25) is 4.98 Å². The summed E-state index contributed by atoms with van der Waals surface area (Å²) in [6.07, 6.45) is 0. The van der Waals surface area contributed by atoms with E-state index in [0.29, 0.717) is 17.5 Å². The Morgan fingerprint density at radius 3 is 1.20 bits per heavy atom. The van der Waals surface area contributed by atoms with Gasteiger partial charge in [0, 0.05) is 33.6 Å². The summed E-state index contributed by atoms with van der Waals surface area (Å²) < 4.78 is 0. The van der Waals surface area contributed by atoms with Gasteiger partial charge in [0.15, 0.2) is 17.5 Å². The highest BCUT2D eigenvalue weighted by atomic mass is 15.0. The van der Waals surface area contributed by atoms with Crippen molar-refractivity contribution in [2.24, 2.45) is 0 Å². The predicted octanol–water partition coefficient (Wildman–Crippen LogP) is 17.6. The smallest absolute Gasteiger partial charge is 0.164 e. The molecule has 0 unspecified atom stereocenters. The summed E-state index contributed by atoms with van der Waals surface area (Å²) in [5.41, 5.74) is 25.6. The van der Waals surface area contributed by atoms with Crippen LogP contribution in [0.2, 0.25) is 0 Å². The lowest BCUT2D eigenvalue weighted by Crippen LogP contribution is -2.25. The van der Waals surface area contributed by atoms with Crippen molar-refractivity contribution in [3.05, 3.63) is 288 Å². The Bertz CT molecular complexity index is 4060. The van der Waals surface area contributed by atoms with Crippen LogP contribution in [0.3, 0.4) is 0 Å². The van der Waals surface area contributed by atoms with Crippen LogP contribution >= 0.6 is 0 Å². The quantitative estimate of drug-likeness (QED) is 0.152. The minimum absolute atomic E-state index is 0.511. The molecule has 0 aliphatic heterocycles. The Morgan fingerprint density at radius 1 is 0.240 bits per heavy atom. The molecule has 2 aliphatic rings. The lowest BCUT2D eigenvalue weighted by atomic mass is 9.70. The maximum atomic E-state index is 5.46. The van der Waals surface area contributed by atoms with E-state index in [0.717, 1.165) is 72.6 Å². The zero-order valence-electron chi connectivity index (χ0n) is 41.5. The zero-order chi connectivity index (χ0) is 50.0. The van der Waals surface area contributed by atoms with E-state index >= 15 is 0 Å². The van der Waals surface area contributed by atoms with Gasteiger partial charge in [-0.05, 0) is 133 Å². The standard InChI is InChI=1S/C71H48N4/c1-45-34-40-54(46(2)72-45)55-26-12-13-30-60(55)70-74-68(51-37-35-50(36-38-51)67-61(48-22-8-4-9-23-48)42-53(47-20-6-3-7-21-47)43-62(67)49-24-10-5-11-25-49)73-69(75-70)52-39-41-59-58-29-16-19-33-65(58)71(66(59)44-52)63-31-17-14-27-56(63)57-28-15-18-32-64(57)71/h3-44H,1-2H3. The van der Waals surface area contributed by atoms with E-state index in [2.05, 4.69) is 262 Å². The molecular formula is C71H48N4. The van der Waals surface area contributed by atoms with Gasteiger partial charge in [-0.15, -0.1) is 0 Å². The van der Waals surface area contributed by atoms with E-state index in [1.165, 1.54) is 55.6 Å². The van der Waals surface area contributed by atoms with Crippen LogP contribution in [-0.2, 0) is 5.41 Å². The molecule has 12 aromatic rings. The number of aromatic nitrogens is 4. The van der Waals surface area contributed by atoms with E-state index in [-0.39, 0.29) is 0 Å². The second kappa shape index (κ2) is 17.8. The van der Waals surface area contributed by atoms with Crippen molar-refractivity contribution < 1.29 is 0 Å². The van der Waals surface area contributed by atoms with E-state index in [1.807, 2.05) is 6.92 Å². The van der Waals surface area contributed by atoms with Gasteiger partial charge in [-0.1, -0.05) is 231 Å². The molecule has 2 heterocycles. The number of hydrogen-bond acceptors (Lipinski definition) is 4. The summed E-state index contributed by atoms with van der Waals surface area (Å²) in [7, 11) is 0. The maximum absolute atomic E-state index is 5.46. The van der Waals surface area contributed by atoms with Crippen molar-refractivity contribution in [3.63, 3.8) is 0 Å². The Labute approximate surface area is 437 Å². The van der Waals surface area contributed by atoms with Crippen molar-refractivity contribution in [1.82, 2.24) is 19.9 Å². The molecule has 2 aromatic heterocycles. The molecule has 0 atom stereocenters. The molecule has 1 spiro atoms. The van der Waals surface area contributed by atoms with Gasteiger partial charge < -0.3 is 0 Å². The van der Waals surface area contributed by atoms with E-state index in [9.17, 15) is 0 Å². The highest BCUT2D eigenvalue weighted by Crippen LogP contribution is 2.63. The fraction of sp³-hybridized carbons (Fsp3) is 0.0423. The van der Waals surface area contributed by atoms with E-state index < -0.39 is 5.41 Å². The van der Waals surface area contributed by atoms with Crippen LogP contribution in [0.15, 0.2) is 255 Å². The van der Waals surface area contributed by atoms with Crippen molar-refractivity contribution in [2.45, 2.75) is 19.3 Å². The first-order chi connectivity index (χ1) is 37.0. The average molecular weight is 957 g/mol. The summed E-state index contributed by atoms with van der Waals surface area (Å²) in [6.45, 7) is 4.11. The average Bonchev–Trinajstić information content (AvgIpc) is 3.95. The molecule has 0 saturated heterocycles. The van der Waals surface area contributed by atoms with Gasteiger partial charge in [0.05, 0.1) is 5.41 Å². The van der Waals surface area contributed by atoms with Gasteiger partial charge in [0.2, 0.25) is 0 Å². The molecule has 0 bridgehead atoms. The van der Waals surface area contributed by atoms with Crippen molar-refractivity contribution >= 4 is 0 Å². The largest absolute Gasteiger partial charge is 0.258 e. The molecule has 10 aromatic carbocycles. The number of benzene rings is 10. The fourth-order valence-corrected chi connectivity index (χ4v) is 12.1. The summed E-state index contributed by atoms with van der Waals surface area (Å²) in [6, 6.07) is 91.9. The number of aryl methyl sites for hydroxylation is 2. The van der Waals surface area contributed by atoms with Crippen LogP contribution in [0, 0.1) is 13.8 Å². The molecule has 4 nitrogen and oxygen atoms in total. The van der Waals surface area contributed by atoms with Gasteiger partial charge >= 0.3 is 0 Å². The van der Waals surface area contributed by atoms with Crippen LogP contribution in [0.25, 0.3) is 112 Å². The molecule has 0 fully saturated rings. The number of pyridine rings is 1. The van der Waals surface area contributed by atoms with E-state index in [4.69, 9.17) is 19.9 Å². The molecule has 4 heteroatoms. The molecule has 2 aliphatic carbocycles. The third-order valence-electron chi connectivity index (χ3n) is 15.4. The Balaban J connectivity index is 0.970. The van der Waals surface area contributed by atoms with E-state index in [1.54, 1.807) is 0 Å². The lowest BCUT2D eigenvalue weighted by Gasteiger charge is -2.30. The minimum Gasteiger partial charge on any atom is -0.258 e. The topological polar surface area (TPSA) is 51.6 Å². The van der Waals surface area contributed by atoms with Gasteiger partial charge in [-0.2, -0.15) is 0 Å². The second-order valence-corrected chi connectivity index (χ2v) is 19.7. The molecule has 14 rings (SSSR count). The highest BCUT2D eigenvalue weighted by molar-refractivity contribution is 5.99. The summed E-state index contributed by atoms with van der Waals surface area (Å²) >= 11 is 0. The van der Waals surface area contributed by atoms with Crippen LogP contribution in [0.1, 0.15) is 33.6 Å².